The van der Waals surface area contributed by atoms with Crippen LogP contribution in [0.25, 0.3) is 0 Å². The number of nitrogens with zero attached hydrogens (tertiary/aromatic N) is 2. The van der Waals surface area contributed by atoms with E-state index in [-0.39, 0.29) is 11.0 Å². The van der Waals surface area contributed by atoms with Crippen molar-refractivity contribution < 1.29 is 9.63 Å². The molecular weight excluding hydrogens is 354 g/mol. The lowest BCUT2D eigenvalue weighted by Gasteiger charge is -2.16. The van der Waals surface area contributed by atoms with Crippen LogP contribution in [0.2, 0.25) is 0 Å². The molecule has 0 bridgehead atoms. The number of oxime groups is 1. The Labute approximate surface area is 163 Å². The van der Waals surface area contributed by atoms with Gasteiger partial charge in [-0.1, -0.05) is 65.8 Å². The summed E-state index contributed by atoms with van der Waals surface area (Å²) in [5.74, 6) is -0.397. The number of aromatic amines is 1. The molecule has 142 valence electrons. The molecule has 3 aromatic rings. The van der Waals surface area contributed by atoms with Crippen molar-refractivity contribution in [1.29, 1.82) is 0 Å². The summed E-state index contributed by atoms with van der Waals surface area (Å²) in [6.07, 6.45) is 2.42. The third kappa shape index (κ3) is 4.35. The van der Waals surface area contributed by atoms with Gasteiger partial charge < -0.3 is 14.7 Å². The number of aromatic nitrogens is 1. The average molecular weight is 375 g/mol. The minimum Gasteiger partial charge on any atom is -0.383 e. The van der Waals surface area contributed by atoms with Crippen LogP contribution in [0.5, 0.6) is 0 Å². The van der Waals surface area contributed by atoms with E-state index in [1.807, 2.05) is 60.7 Å². The Balaban J connectivity index is 1.91. The van der Waals surface area contributed by atoms with Gasteiger partial charge in [-0.15, -0.1) is 0 Å². The minimum atomic E-state index is -0.415. The highest BCUT2D eigenvalue weighted by molar-refractivity contribution is 6.00. The Morgan fingerprint density at radius 3 is 2.11 bits per heavy atom. The lowest BCUT2D eigenvalue weighted by molar-refractivity contribution is 0.0825. The number of benzene rings is 2. The van der Waals surface area contributed by atoms with Gasteiger partial charge >= 0.3 is 0 Å². The topological polar surface area (TPSA) is 74.8 Å². The fourth-order valence-corrected chi connectivity index (χ4v) is 2.76. The summed E-state index contributed by atoms with van der Waals surface area (Å²) in [5, 5.41) is 4.07. The van der Waals surface area contributed by atoms with Gasteiger partial charge in [0.25, 0.3) is 5.91 Å². The summed E-state index contributed by atoms with van der Waals surface area (Å²) in [4.78, 5) is 34.5. The lowest BCUT2D eigenvalue weighted by Crippen LogP contribution is -2.29. The number of carbonyl (C=O) groups is 1. The van der Waals surface area contributed by atoms with Crippen LogP contribution < -0.4 is 5.43 Å². The number of amides is 1. The Morgan fingerprint density at radius 2 is 1.57 bits per heavy atom. The molecule has 0 aliphatic carbocycles. The maximum Gasteiger partial charge on any atom is 0.259 e. The van der Waals surface area contributed by atoms with Crippen molar-refractivity contribution in [3.8, 4) is 0 Å². The number of hydrogen-bond donors (Lipinski definition) is 1. The SMILES string of the molecule is CN(C)C(=O)c1c(C=NOC(c2ccccc2)c2ccccc2)[nH]ccc1=O. The van der Waals surface area contributed by atoms with Crippen LogP contribution >= 0.6 is 0 Å². The van der Waals surface area contributed by atoms with Gasteiger partial charge in [-0.25, -0.2) is 0 Å². The smallest absolute Gasteiger partial charge is 0.259 e. The summed E-state index contributed by atoms with van der Waals surface area (Å²) in [6, 6.07) is 20.7. The minimum absolute atomic E-state index is 0.0239. The molecule has 1 aromatic heterocycles. The molecule has 0 unspecified atom stereocenters. The second-order valence-electron chi connectivity index (χ2n) is 6.37. The number of pyridine rings is 1. The number of hydrogen-bond acceptors (Lipinski definition) is 4. The predicted molar refractivity (Wildman–Crippen MR) is 108 cm³/mol. The van der Waals surface area contributed by atoms with Crippen LogP contribution in [-0.2, 0) is 4.84 Å². The molecule has 6 heteroatoms. The first-order chi connectivity index (χ1) is 13.6. The molecule has 1 heterocycles. The Morgan fingerprint density at radius 1 is 1.00 bits per heavy atom. The molecule has 1 N–H and O–H groups in total. The highest BCUT2D eigenvalue weighted by atomic mass is 16.6. The number of carbonyl (C=O) groups excluding carboxylic acids is 1. The van der Waals surface area contributed by atoms with Gasteiger partial charge in [-0.3, -0.25) is 9.59 Å². The fourth-order valence-electron chi connectivity index (χ4n) is 2.76. The Bertz CT molecular complexity index is 972. The molecule has 1 amide bonds. The van der Waals surface area contributed by atoms with Gasteiger partial charge in [0.2, 0.25) is 0 Å². The normalized spacial score (nSPS) is 11.0. The van der Waals surface area contributed by atoms with Crippen molar-refractivity contribution in [2.45, 2.75) is 6.10 Å². The molecule has 0 saturated heterocycles. The predicted octanol–water partition coefficient (Wildman–Crippen LogP) is 3.22. The third-order valence-electron chi connectivity index (χ3n) is 4.16. The molecule has 0 spiro atoms. The molecule has 0 saturated carbocycles. The fraction of sp³-hybridized carbons (Fsp3) is 0.136. The summed E-state index contributed by atoms with van der Waals surface area (Å²) in [7, 11) is 3.18. The summed E-state index contributed by atoms with van der Waals surface area (Å²) < 4.78 is 0. The largest absolute Gasteiger partial charge is 0.383 e. The zero-order valence-electron chi connectivity index (χ0n) is 15.7. The van der Waals surface area contributed by atoms with Crippen molar-refractivity contribution in [2.24, 2.45) is 5.16 Å². The molecule has 2 aromatic carbocycles. The highest BCUT2D eigenvalue weighted by Gasteiger charge is 2.18. The maximum atomic E-state index is 12.3. The molecule has 6 nitrogen and oxygen atoms in total. The van der Waals surface area contributed by atoms with Crippen LogP contribution in [0, 0.1) is 0 Å². The first-order valence-corrected chi connectivity index (χ1v) is 8.80. The second-order valence-corrected chi connectivity index (χ2v) is 6.37. The van der Waals surface area contributed by atoms with Crippen molar-refractivity contribution in [1.82, 2.24) is 9.88 Å². The first kappa shape index (κ1) is 19.1. The van der Waals surface area contributed by atoms with Crippen LogP contribution in [0.3, 0.4) is 0 Å². The van der Waals surface area contributed by atoms with Crippen LogP contribution in [0.15, 0.2) is 82.9 Å². The van der Waals surface area contributed by atoms with Crippen molar-refractivity contribution >= 4 is 12.1 Å². The van der Waals surface area contributed by atoms with E-state index in [1.54, 1.807) is 14.1 Å². The van der Waals surface area contributed by atoms with Gasteiger partial charge in [0.05, 0.1) is 11.9 Å². The number of rotatable bonds is 6. The number of H-pyrrole nitrogens is 1. The summed E-state index contributed by atoms with van der Waals surface area (Å²) >= 11 is 0. The van der Waals surface area contributed by atoms with Crippen molar-refractivity contribution in [3.05, 3.63) is 106 Å². The summed E-state index contributed by atoms with van der Waals surface area (Å²) in [6.45, 7) is 0. The molecule has 0 atom stereocenters. The zero-order valence-corrected chi connectivity index (χ0v) is 15.7. The molecule has 0 aliphatic rings. The standard InChI is InChI=1S/C22H21N3O3/c1-25(2)22(27)20-18(23-14-13-19(20)26)15-24-28-21(16-9-5-3-6-10-16)17-11-7-4-8-12-17/h3-15,21H,1-2H3,(H,23,26). The van der Waals surface area contributed by atoms with Crippen molar-refractivity contribution in [3.63, 3.8) is 0 Å². The van der Waals surface area contributed by atoms with Gasteiger partial charge in [0.15, 0.2) is 11.5 Å². The Kier molecular flexibility index (Phi) is 6.01. The van der Waals surface area contributed by atoms with E-state index in [0.29, 0.717) is 5.69 Å². The van der Waals surface area contributed by atoms with Crippen LogP contribution in [0.1, 0.15) is 33.3 Å². The monoisotopic (exact) mass is 375 g/mol. The summed E-state index contributed by atoms with van der Waals surface area (Å²) in [5.41, 5.74) is 1.83. The number of nitrogens with one attached hydrogen (secondary N) is 1. The maximum absolute atomic E-state index is 12.3. The third-order valence-corrected chi connectivity index (χ3v) is 4.16. The Hall–Kier alpha value is -3.67. The lowest BCUT2D eigenvalue weighted by atomic mass is 10.0. The molecule has 0 fully saturated rings. The first-order valence-electron chi connectivity index (χ1n) is 8.80. The highest BCUT2D eigenvalue weighted by Crippen LogP contribution is 2.25. The quantitative estimate of drug-likeness (QED) is 0.531. The zero-order chi connectivity index (χ0) is 19.9. The van der Waals surface area contributed by atoms with E-state index in [4.69, 9.17) is 4.84 Å². The molecule has 0 radical (unpaired) electrons. The van der Waals surface area contributed by atoms with E-state index in [2.05, 4.69) is 10.1 Å². The average Bonchev–Trinajstić information content (AvgIpc) is 2.72. The molecule has 28 heavy (non-hydrogen) atoms. The van der Waals surface area contributed by atoms with Gasteiger partial charge in [0, 0.05) is 26.4 Å². The molecular formula is C22H21N3O3. The van der Waals surface area contributed by atoms with E-state index >= 15 is 0 Å². The van der Waals surface area contributed by atoms with E-state index in [0.717, 1.165) is 11.1 Å². The van der Waals surface area contributed by atoms with Gasteiger partial charge in [0.1, 0.15) is 5.56 Å². The van der Waals surface area contributed by atoms with E-state index in [1.165, 1.54) is 23.4 Å². The van der Waals surface area contributed by atoms with Gasteiger partial charge in [-0.05, 0) is 11.1 Å². The molecule has 3 rings (SSSR count). The van der Waals surface area contributed by atoms with Crippen LogP contribution in [0.4, 0.5) is 0 Å². The van der Waals surface area contributed by atoms with E-state index in [9.17, 15) is 9.59 Å². The molecule has 0 aliphatic heterocycles. The van der Waals surface area contributed by atoms with Crippen molar-refractivity contribution in [2.75, 3.05) is 14.1 Å². The second kappa shape index (κ2) is 8.81. The van der Waals surface area contributed by atoms with E-state index < -0.39 is 12.0 Å². The van der Waals surface area contributed by atoms with Gasteiger partial charge in [-0.2, -0.15) is 0 Å². The van der Waals surface area contributed by atoms with Crippen LogP contribution in [-0.4, -0.2) is 36.1 Å².